The first kappa shape index (κ1) is 14.2. The first-order valence-corrected chi connectivity index (χ1v) is 5.93. The molecule has 0 saturated heterocycles. The summed E-state index contributed by atoms with van der Waals surface area (Å²) in [5.74, 6) is -1.67. The van der Waals surface area contributed by atoms with Gasteiger partial charge in [-0.05, 0) is 48.9 Å². The zero-order chi connectivity index (χ0) is 13.7. The number of carboxylic acids is 2. The summed E-state index contributed by atoms with van der Waals surface area (Å²) in [6.07, 6.45) is 1.05. The van der Waals surface area contributed by atoms with Gasteiger partial charge in [0.05, 0.1) is 0 Å². The molecule has 0 heterocycles. The lowest BCUT2D eigenvalue weighted by Crippen LogP contribution is -2.06. The molecule has 0 aliphatic heterocycles. The highest BCUT2D eigenvalue weighted by Crippen LogP contribution is 2.21. The summed E-state index contributed by atoms with van der Waals surface area (Å²) >= 11 is 0. The Morgan fingerprint density at radius 1 is 1.00 bits per heavy atom. The molecular formula is C14H18O4. The van der Waals surface area contributed by atoms with Crippen LogP contribution in [0, 0.1) is 13.8 Å². The monoisotopic (exact) mass is 250 g/mol. The molecule has 98 valence electrons. The second kappa shape index (κ2) is 6.19. The van der Waals surface area contributed by atoms with Gasteiger partial charge in [0.2, 0.25) is 0 Å². The van der Waals surface area contributed by atoms with Crippen LogP contribution in [0.4, 0.5) is 0 Å². The largest absolute Gasteiger partial charge is 0.481 e. The van der Waals surface area contributed by atoms with E-state index in [1.165, 1.54) is 0 Å². The summed E-state index contributed by atoms with van der Waals surface area (Å²) in [6, 6.07) is 3.86. The van der Waals surface area contributed by atoms with Gasteiger partial charge in [-0.15, -0.1) is 0 Å². The van der Waals surface area contributed by atoms with E-state index in [-0.39, 0.29) is 12.8 Å². The third kappa shape index (κ3) is 3.87. The van der Waals surface area contributed by atoms with E-state index in [4.69, 9.17) is 10.2 Å². The highest BCUT2D eigenvalue weighted by Gasteiger charge is 2.11. The molecule has 0 atom stereocenters. The quantitative estimate of drug-likeness (QED) is 0.812. The van der Waals surface area contributed by atoms with E-state index in [2.05, 4.69) is 0 Å². The predicted molar refractivity (Wildman–Crippen MR) is 67.8 cm³/mol. The van der Waals surface area contributed by atoms with Crippen molar-refractivity contribution < 1.29 is 19.8 Å². The van der Waals surface area contributed by atoms with Crippen LogP contribution in [-0.2, 0) is 22.4 Å². The van der Waals surface area contributed by atoms with E-state index in [0.29, 0.717) is 12.8 Å². The molecule has 1 aromatic carbocycles. The van der Waals surface area contributed by atoms with Crippen LogP contribution >= 0.6 is 0 Å². The second-order valence-corrected chi connectivity index (χ2v) is 4.43. The maximum absolute atomic E-state index is 10.7. The van der Waals surface area contributed by atoms with E-state index in [1.54, 1.807) is 0 Å². The third-order valence-electron chi connectivity index (χ3n) is 3.16. The highest BCUT2D eigenvalue weighted by molar-refractivity contribution is 5.68. The van der Waals surface area contributed by atoms with E-state index in [1.807, 2.05) is 26.0 Å². The van der Waals surface area contributed by atoms with Gasteiger partial charge < -0.3 is 10.2 Å². The first-order chi connectivity index (χ1) is 8.41. The molecule has 4 heteroatoms. The van der Waals surface area contributed by atoms with Crippen LogP contribution in [-0.4, -0.2) is 22.2 Å². The number of rotatable bonds is 6. The Hall–Kier alpha value is -1.84. The van der Waals surface area contributed by atoms with E-state index in [0.717, 1.165) is 22.3 Å². The lowest BCUT2D eigenvalue weighted by molar-refractivity contribution is -0.138. The number of carboxylic acid groups (broad SMARTS) is 2. The molecule has 18 heavy (non-hydrogen) atoms. The molecule has 0 fully saturated rings. The van der Waals surface area contributed by atoms with Crippen molar-refractivity contribution in [2.24, 2.45) is 0 Å². The van der Waals surface area contributed by atoms with E-state index < -0.39 is 11.9 Å². The fourth-order valence-electron chi connectivity index (χ4n) is 1.99. The van der Waals surface area contributed by atoms with Gasteiger partial charge in [-0.1, -0.05) is 12.1 Å². The van der Waals surface area contributed by atoms with Crippen molar-refractivity contribution in [3.63, 3.8) is 0 Å². The van der Waals surface area contributed by atoms with Crippen molar-refractivity contribution in [3.05, 3.63) is 34.4 Å². The Kier molecular flexibility index (Phi) is 4.89. The molecule has 1 aromatic rings. The van der Waals surface area contributed by atoms with Crippen molar-refractivity contribution in [2.45, 2.75) is 39.5 Å². The average Bonchev–Trinajstić information content (AvgIpc) is 2.29. The third-order valence-corrected chi connectivity index (χ3v) is 3.16. The summed E-state index contributed by atoms with van der Waals surface area (Å²) in [4.78, 5) is 21.3. The van der Waals surface area contributed by atoms with Crippen LogP contribution in [0.3, 0.4) is 0 Å². The van der Waals surface area contributed by atoms with Gasteiger partial charge in [0, 0.05) is 12.8 Å². The van der Waals surface area contributed by atoms with Crippen molar-refractivity contribution in [3.8, 4) is 0 Å². The fourth-order valence-corrected chi connectivity index (χ4v) is 1.99. The highest BCUT2D eigenvalue weighted by atomic mass is 16.4. The predicted octanol–water partition coefficient (Wildman–Crippen LogP) is 2.34. The molecule has 0 bridgehead atoms. The first-order valence-electron chi connectivity index (χ1n) is 5.93. The molecule has 0 spiro atoms. The molecule has 0 unspecified atom stereocenters. The van der Waals surface area contributed by atoms with Crippen LogP contribution < -0.4 is 0 Å². The molecule has 0 aliphatic carbocycles. The molecule has 0 aromatic heterocycles. The summed E-state index contributed by atoms with van der Waals surface area (Å²) in [5.41, 5.74) is 4.11. The Morgan fingerprint density at radius 2 is 1.56 bits per heavy atom. The average molecular weight is 250 g/mol. The van der Waals surface area contributed by atoms with Crippen molar-refractivity contribution in [2.75, 3.05) is 0 Å². The molecule has 4 nitrogen and oxygen atoms in total. The molecule has 2 N–H and O–H groups in total. The van der Waals surface area contributed by atoms with Crippen molar-refractivity contribution in [1.29, 1.82) is 0 Å². The standard InChI is InChI=1S/C14H18O4/c1-9-3-4-11(5-7-13(15)16)12(10(9)2)6-8-14(17)18/h3-4H,5-8H2,1-2H3,(H,15,16)(H,17,18). The Bertz CT molecular complexity index is 463. The zero-order valence-electron chi connectivity index (χ0n) is 10.7. The van der Waals surface area contributed by atoms with Gasteiger partial charge >= 0.3 is 11.9 Å². The number of benzene rings is 1. The Morgan fingerprint density at radius 3 is 2.11 bits per heavy atom. The number of carbonyl (C=O) groups is 2. The van der Waals surface area contributed by atoms with Crippen LogP contribution in [0.15, 0.2) is 12.1 Å². The van der Waals surface area contributed by atoms with Crippen molar-refractivity contribution >= 4 is 11.9 Å². The number of hydrogen-bond donors (Lipinski definition) is 2. The topological polar surface area (TPSA) is 74.6 Å². The van der Waals surface area contributed by atoms with Gasteiger partial charge in [0.1, 0.15) is 0 Å². The number of hydrogen-bond acceptors (Lipinski definition) is 2. The van der Waals surface area contributed by atoms with Crippen LogP contribution in [0.1, 0.15) is 35.1 Å². The minimum absolute atomic E-state index is 0.0720. The van der Waals surface area contributed by atoms with Gasteiger partial charge in [0.15, 0.2) is 0 Å². The summed E-state index contributed by atoms with van der Waals surface area (Å²) < 4.78 is 0. The molecular weight excluding hydrogens is 232 g/mol. The Balaban J connectivity index is 2.96. The minimum Gasteiger partial charge on any atom is -0.481 e. The van der Waals surface area contributed by atoms with Crippen LogP contribution in [0.2, 0.25) is 0 Å². The zero-order valence-corrected chi connectivity index (χ0v) is 10.7. The van der Waals surface area contributed by atoms with Gasteiger partial charge in [-0.2, -0.15) is 0 Å². The minimum atomic E-state index is -0.836. The Labute approximate surface area is 106 Å². The normalized spacial score (nSPS) is 10.3. The van der Waals surface area contributed by atoms with Crippen LogP contribution in [0.25, 0.3) is 0 Å². The fraction of sp³-hybridized carbons (Fsp3) is 0.429. The maximum Gasteiger partial charge on any atom is 0.303 e. The second-order valence-electron chi connectivity index (χ2n) is 4.43. The van der Waals surface area contributed by atoms with Gasteiger partial charge in [0.25, 0.3) is 0 Å². The van der Waals surface area contributed by atoms with E-state index in [9.17, 15) is 9.59 Å². The summed E-state index contributed by atoms with van der Waals surface area (Å²) in [7, 11) is 0. The van der Waals surface area contributed by atoms with Gasteiger partial charge in [-0.25, -0.2) is 0 Å². The summed E-state index contributed by atoms with van der Waals surface area (Å²) in [5, 5.41) is 17.5. The summed E-state index contributed by atoms with van der Waals surface area (Å²) in [6.45, 7) is 3.93. The molecule has 1 rings (SSSR count). The lowest BCUT2D eigenvalue weighted by Gasteiger charge is -2.13. The van der Waals surface area contributed by atoms with Crippen molar-refractivity contribution in [1.82, 2.24) is 0 Å². The number of aliphatic carboxylic acids is 2. The molecule has 0 amide bonds. The smallest absolute Gasteiger partial charge is 0.303 e. The van der Waals surface area contributed by atoms with Crippen LogP contribution in [0.5, 0.6) is 0 Å². The SMILES string of the molecule is Cc1ccc(CCC(=O)O)c(CCC(=O)O)c1C. The van der Waals surface area contributed by atoms with Gasteiger partial charge in [-0.3, -0.25) is 9.59 Å². The number of aryl methyl sites for hydroxylation is 2. The lowest BCUT2D eigenvalue weighted by atomic mass is 9.92. The van der Waals surface area contributed by atoms with E-state index >= 15 is 0 Å². The molecule has 0 radical (unpaired) electrons. The molecule has 0 aliphatic rings. The molecule has 0 saturated carbocycles. The maximum atomic E-state index is 10.7.